The van der Waals surface area contributed by atoms with Crippen molar-refractivity contribution < 1.29 is 4.79 Å². The van der Waals surface area contributed by atoms with E-state index in [9.17, 15) is 4.79 Å². The molecule has 1 amide bonds. The molecule has 3 fully saturated rings. The third-order valence-electron chi connectivity index (χ3n) is 7.41. The summed E-state index contributed by atoms with van der Waals surface area (Å²) >= 11 is 0. The van der Waals surface area contributed by atoms with Crippen LogP contribution in [0.4, 0.5) is 5.95 Å². The third-order valence-corrected chi connectivity index (χ3v) is 7.41. The minimum absolute atomic E-state index is 0.000513. The number of hydrogen-bond donors (Lipinski definition) is 0. The summed E-state index contributed by atoms with van der Waals surface area (Å²) in [6.07, 6.45) is 10.6. The smallest absolute Gasteiger partial charge is 0.231 e. The van der Waals surface area contributed by atoms with Gasteiger partial charge in [0.1, 0.15) is 0 Å². The molecule has 3 saturated heterocycles. The van der Waals surface area contributed by atoms with Crippen LogP contribution >= 0.6 is 0 Å². The molecule has 3 aliphatic rings. The summed E-state index contributed by atoms with van der Waals surface area (Å²) in [6.45, 7) is 5.41. The van der Waals surface area contributed by atoms with Gasteiger partial charge >= 0.3 is 0 Å². The van der Waals surface area contributed by atoms with Crippen LogP contribution in [-0.2, 0) is 18.4 Å². The Kier molecular flexibility index (Phi) is 4.34. The van der Waals surface area contributed by atoms with Crippen LogP contribution in [-0.4, -0.2) is 75.2 Å². The summed E-state index contributed by atoms with van der Waals surface area (Å²) in [5.74, 6) is 1.07. The number of amides is 1. The largest absolute Gasteiger partial charge is 0.345 e. The number of carbonyl (C=O) groups excluding carboxylic acids is 1. The molecule has 154 valence electrons. The van der Waals surface area contributed by atoms with Crippen LogP contribution < -0.4 is 4.90 Å². The van der Waals surface area contributed by atoms with Gasteiger partial charge in [0, 0.05) is 69.8 Å². The maximum absolute atomic E-state index is 13.4. The van der Waals surface area contributed by atoms with E-state index in [4.69, 9.17) is 0 Å². The Bertz CT molecular complexity index is 889. The van der Waals surface area contributed by atoms with Gasteiger partial charge in [0.15, 0.2) is 0 Å². The monoisotopic (exact) mass is 395 g/mol. The molecule has 0 radical (unpaired) electrons. The molecule has 5 heterocycles. The molecule has 0 aromatic carbocycles. The van der Waals surface area contributed by atoms with Crippen molar-refractivity contribution in [3.05, 3.63) is 36.4 Å². The fourth-order valence-electron chi connectivity index (χ4n) is 5.82. The van der Waals surface area contributed by atoms with Crippen molar-refractivity contribution in [1.82, 2.24) is 29.5 Å². The molecule has 0 aliphatic carbocycles. The van der Waals surface area contributed by atoms with Crippen molar-refractivity contribution in [2.24, 2.45) is 17.9 Å². The minimum Gasteiger partial charge on any atom is -0.345 e. The Labute approximate surface area is 171 Å². The van der Waals surface area contributed by atoms with Gasteiger partial charge in [-0.3, -0.25) is 14.4 Å². The first-order valence-electron chi connectivity index (χ1n) is 10.5. The molecular weight excluding hydrogens is 366 g/mol. The first-order valence-corrected chi connectivity index (χ1v) is 10.5. The average Bonchev–Trinajstić information content (AvgIpc) is 3.38. The summed E-state index contributed by atoms with van der Waals surface area (Å²) in [5.41, 5.74) is 0.946. The predicted octanol–water partition coefficient (Wildman–Crippen LogP) is 1.16. The molecule has 2 aromatic rings. The van der Waals surface area contributed by atoms with Crippen LogP contribution in [0.5, 0.6) is 0 Å². The van der Waals surface area contributed by atoms with Gasteiger partial charge in [0.25, 0.3) is 0 Å². The van der Waals surface area contributed by atoms with E-state index < -0.39 is 0 Å². The standard InChI is InChI=1S/C21H29N7O/c1-25-9-6-21(18(25)29)16-28(19-22-7-3-8-23-19)15-20(21)4-10-27(11-5-20)14-17-12-24-26(2)13-17/h3,7-8,12-13H,4-6,9-11,14-16H2,1-2H3. The van der Waals surface area contributed by atoms with Gasteiger partial charge < -0.3 is 9.80 Å². The Morgan fingerprint density at radius 3 is 2.41 bits per heavy atom. The van der Waals surface area contributed by atoms with E-state index >= 15 is 0 Å². The number of aryl methyl sites for hydroxylation is 1. The Hall–Kier alpha value is -2.48. The van der Waals surface area contributed by atoms with Gasteiger partial charge in [-0.25, -0.2) is 9.97 Å². The van der Waals surface area contributed by atoms with Crippen LogP contribution in [0.2, 0.25) is 0 Å². The van der Waals surface area contributed by atoms with E-state index in [2.05, 4.69) is 31.1 Å². The number of aromatic nitrogens is 4. The molecule has 0 saturated carbocycles. The van der Waals surface area contributed by atoms with E-state index in [1.165, 1.54) is 5.56 Å². The van der Waals surface area contributed by atoms with Crippen LogP contribution in [0.1, 0.15) is 24.8 Å². The molecule has 3 aliphatic heterocycles. The van der Waals surface area contributed by atoms with Crippen molar-refractivity contribution >= 4 is 11.9 Å². The maximum atomic E-state index is 13.4. The highest BCUT2D eigenvalue weighted by Crippen LogP contribution is 2.58. The summed E-state index contributed by atoms with van der Waals surface area (Å²) in [5, 5.41) is 4.29. The fraction of sp³-hybridized carbons (Fsp3) is 0.619. The van der Waals surface area contributed by atoms with Gasteiger partial charge in [-0.05, 0) is 38.4 Å². The lowest BCUT2D eigenvalue weighted by Crippen LogP contribution is -2.52. The van der Waals surface area contributed by atoms with Crippen molar-refractivity contribution in [2.45, 2.75) is 25.8 Å². The summed E-state index contributed by atoms with van der Waals surface area (Å²) in [4.78, 5) is 29.0. The number of likely N-dealkylation sites (tertiary alicyclic amines) is 2. The quantitative estimate of drug-likeness (QED) is 0.777. The summed E-state index contributed by atoms with van der Waals surface area (Å²) < 4.78 is 1.86. The molecule has 5 rings (SSSR count). The molecular formula is C21H29N7O. The summed E-state index contributed by atoms with van der Waals surface area (Å²) in [7, 11) is 3.91. The molecule has 0 bridgehead atoms. The number of carbonyl (C=O) groups is 1. The molecule has 0 N–H and O–H groups in total. The van der Waals surface area contributed by atoms with E-state index in [-0.39, 0.29) is 10.8 Å². The zero-order valence-corrected chi connectivity index (χ0v) is 17.3. The minimum atomic E-state index is -0.304. The van der Waals surface area contributed by atoms with Crippen molar-refractivity contribution in [3.63, 3.8) is 0 Å². The number of hydrogen-bond acceptors (Lipinski definition) is 6. The van der Waals surface area contributed by atoms with Gasteiger partial charge in [0.2, 0.25) is 11.9 Å². The fourth-order valence-corrected chi connectivity index (χ4v) is 5.82. The van der Waals surface area contributed by atoms with Gasteiger partial charge in [0.05, 0.1) is 11.6 Å². The number of nitrogens with zero attached hydrogens (tertiary/aromatic N) is 7. The molecule has 8 nitrogen and oxygen atoms in total. The number of anilines is 1. The van der Waals surface area contributed by atoms with Gasteiger partial charge in [-0.15, -0.1) is 0 Å². The molecule has 29 heavy (non-hydrogen) atoms. The second-order valence-corrected chi connectivity index (χ2v) is 9.04. The lowest BCUT2D eigenvalue weighted by Gasteiger charge is -2.46. The van der Waals surface area contributed by atoms with E-state index in [1.807, 2.05) is 35.9 Å². The molecule has 1 unspecified atom stereocenters. The highest BCUT2D eigenvalue weighted by Gasteiger charge is 2.65. The first-order chi connectivity index (χ1) is 14.0. The topological polar surface area (TPSA) is 70.4 Å². The highest BCUT2D eigenvalue weighted by atomic mass is 16.2. The van der Waals surface area contributed by atoms with Crippen LogP contribution in [0, 0.1) is 10.8 Å². The Morgan fingerprint density at radius 1 is 1.03 bits per heavy atom. The molecule has 2 spiro atoms. The van der Waals surface area contributed by atoms with Crippen LogP contribution in [0.15, 0.2) is 30.9 Å². The van der Waals surface area contributed by atoms with Crippen LogP contribution in [0.3, 0.4) is 0 Å². The molecule has 8 heteroatoms. The molecule has 1 atom stereocenters. The summed E-state index contributed by atoms with van der Waals surface area (Å²) in [6, 6.07) is 1.84. The van der Waals surface area contributed by atoms with E-state index in [0.717, 1.165) is 64.5 Å². The lowest BCUT2D eigenvalue weighted by molar-refractivity contribution is -0.141. The Morgan fingerprint density at radius 2 is 1.79 bits per heavy atom. The first kappa shape index (κ1) is 18.5. The Balaban J connectivity index is 1.39. The molecule has 2 aromatic heterocycles. The third kappa shape index (κ3) is 2.92. The SMILES string of the molecule is CN1CCC2(CN(c3ncccn3)CC23CCN(Cc2cnn(C)c2)CC3)C1=O. The second-order valence-electron chi connectivity index (χ2n) is 9.04. The van der Waals surface area contributed by atoms with E-state index in [0.29, 0.717) is 5.91 Å². The van der Waals surface area contributed by atoms with Crippen molar-refractivity contribution in [3.8, 4) is 0 Å². The second kappa shape index (κ2) is 6.79. The number of fused-ring (bicyclic) bond motifs is 1. The van der Waals surface area contributed by atoms with Crippen molar-refractivity contribution in [2.75, 3.05) is 44.7 Å². The van der Waals surface area contributed by atoms with Crippen LogP contribution in [0.25, 0.3) is 0 Å². The van der Waals surface area contributed by atoms with Gasteiger partial charge in [-0.2, -0.15) is 5.10 Å². The van der Waals surface area contributed by atoms with Crippen molar-refractivity contribution in [1.29, 1.82) is 0 Å². The zero-order valence-electron chi connectivity index (χ0n) is 17.3. The normalized spacial score (nSPS) is 26.9. The lowest BCUT2D eigenvalue weighted by atomic mass is 9.60. The van der Waals surface area contributed by atoms with Gasteiger partial charge in [-0.1, -0.05) is 0 Å². The number of rotatable bonds is 3. The highest BCUT2D eigenvalue weighted by molar-refractivity contribution is 5.87. The predicted molar refractivity (Wildman–Crippen MR) is 109 cm³/mol. The zero-order chi connectivity index (χ0) is 20.1. The van der Waals surface area contributed by atoms with E-state index in [1.54, 1.807) is 12.4 Å². The number of piperidine rings is 1. The average molecular weight is 396 g/mol. The maximum Gasteiger partial charge on any atom is 0.231 e.